The summed E-state index contributed by atoms with van der Waals surface area (Å²) in [4.78, 5) is 18.4. The van der Waals surface area contributed by atoms with Gasteiger partial charge >= 0.3 is 0 Å². The molecule has 8 nitrogen and oxygen atoms in total. The lowest BCUT2D eigenvalue weighted by molar-refractivity contribution is -0.118. The predicted molar refractivity (Wildman–Crippen MR) is 113 cm³/mol. The highest BCUT2D eigenvalue weighted by Crippen LogP contribution is 2.12. The second-order valence-electron chi connectivity index (χ2n) is 6.79. The minimum absolute atomic E-state index is 0.0507. The maximum Gasteiger partial charge on any atom is 0.232 e. The smallest absolute Gasteiger partial charge is 0.232 e. The first kappa shape index (κ1) is 22.2. The Hall–Kier alpha value is -2.49. The molecule has 9 heteroatoms. The molecule has 1 N–H and O–H groups in total. The van der Waals surface area contributed by atoms with E-state index in [1.54, 1.807) is 24.4 Å². The van der Waals surface area contributed by atoms with Crippen molar-refractivity contribution in [2.45, 2.75) is 12.3 Å². The minimum Gasteiger partial charge on any atom is -0.473 e. The number of aromatic nitrogens is 1. The lowest BCUT2D eigenvalue weighted by Crippen LogP contribution is -2.35. The van der Waals surface area contributed by atoms with Gasteiger partial charge in [-0.3, -0.25) is 13.9 Å². The lowest BCUT2D eigenvalue weighted by atomic mass is 10.2. The van der Waals surface area contributed by atoms with Gasteiger partial charge in [-0.25, -0.2) is 4.98 Å². The van der Waals surface area contributed by atoms with E-state index in [9.17, 15) is 9.00 Å². The number of carbonyl (C=O) groups excluding carboxylic acids is 1. The highest BCUT2D eigenvalue weighted by molar-refractivity contribution is 7.84. The highest BCUT2D eigenvalue weighted by Gasteiger charge is 2.11. The third kappa shape index (κ3) is 8.10. The summed E-state index contributed by atoms with van der Waals surface area (Å²) in [7, 11) is -1.29. The molecule has 0 saturated carbocycles. The first-order chi connectivity index (χ1) is 14.7. The van der Waals surface area contributed by atoms with E-state index in [1.807, 2.05) is 18.2 Å². The van der Waals surface area contributed by atoms with Gasteiger partial charge in [-0.2, -0.15) is 0 Å². The van der Waals surface area contributed by atoms with Crippen molar-refractivity contribution in [3.63, 3.8) is 0 Å². The van der Waals surface area contributed by atoms with Crippen LogP contribution in [-0.4, -0.2) is 65.2 Å². The molecule has 30 heavy (non-hydrogen) atoms. The summed E-state index contributed by atoms with van der Waals surface area (Å²) in [5.74, 6) is 1.11. The zero-order valence-electron chi connectivity index (χ0n) is 16.8. The Morgan fingerprint density at radius 3 is 2.97 bits per heavy atom. The van der Waals surface area contributed by atoms with Gasteiger partial charge in [-0.05, 0) is 29.8 Å². The number of ether oxygens (including phenoxy) is 2. The Morgan fingerprint density at radius 2 is 2.17 bits per heavy atom. The van der Waals surface area contributed by atoms with Crippen LogP contribution >= 0.6 is 0 Å². The SMILES string of the molecule is O=C(CS(=O)Cc1ccco1)NC/C=C\COc1cc(CN2CCOCC2)ccn1. The highest BCUT2D eigenvalue weighted by atomic mass is 32.2. The molecular formula is C21H27N3O5S. The average molecular weight is 434 g/mol. The molecular weight excluding hydrogens is 406 g/mol. The fraction of sp³-hybridized carbons (Fsp3) is 0.429. The number of carbonyl (C=O) groups is 1. The van der Waals surface area contributed by atoms with E-state index in [2.05, 4.69) is 15.2 Å². The van der Waals surface area contributed by atoms with Gasteiger partial charge in [-0.1, -0.05) is 6.08 Å². The van der Waals surface area contributed by atoms with Gasteiger partial charge in [0.05, 0.1) is 25.2 Å². The molecule has 3 heterocycles. The van der Waals surface area contributed by atoms with Crippen LogP contribution in [0.4, 0.5) is 0 Å². The molecule has 1 unspecified atom stereocenters. The number of hydrogen-bond acceptors (Lipinski definition) is 7. The van der Waals surface area contributed by atoms with Crippen LogP contribution in [0.15, 0.2) is 53.3 Å². The van der Waals surface area contributed by atoms with Crippen LogP contribution in [-0.2, 0) is 32.6 Å². The number of amides is 1. The molecule has 0 aliphatic carbocycles. The molecule has 1 aliphatic heterocycles. The summed E-state index contributed by atoms with van der Waals surface area (Å²) < 4.78 is 28.1. The van der Waals surface area contributed by atoms with Crippen LogP contribution < -0.4 is 10.1 Å². The number of nitrogens with zero attached hydrogens (tertiary/aromatic N) is 2. The summed E-state index contributed by atoms with van der Waals surface area (Å²) in [6.45, 7) is 4.97. The average Bonchev–Trinajstić information content (AvgIpc) is 3.24. The van der Waals surface area contributed by atoms with Crippen molar-refractivity contribution in [2.75, 3.05) is 45.2 Å². The van der Waals surface area contributed by atoms with Crippen molar-refractivity contribution in [1.29, 1.82) is 0 Å². The summed E-state index contributed by atoms with van der Waals surface area (Å²) in [5.41, 5.74) is 1.15. The number of nitrogens with one attached hydrogen (secondary N) is 1. The topological polar surface area (TPSA) is 93.9 Å². The van der Waals surface area contributed by atoms with Crippen LogP contribution in [0.25, 0.3) is 0 Å². The molecule has 2 aromatic rings. The van der Waals surface area contributed by atoms with Crippen molar-refractivity contribution in [1.82, 2.24) is 15.2 Å². The number of pyridine rings is 1. The van der Waals surface area contributed by atoms with E-state index < -0.39 is 10.8 Å². The van der Waals surface area contributed by atoms with Crippen LogP contribution in [0.5, 0.6) is 5.88 Å². The molecule has 0 aromatic carbocycles. The quantitative estimate of drug-likeness (QED) is 0.537. The Labute approximate surface area is 178 Å². The molecule has 0 radical (unpaired) electrons. The van der Waals surface area contributed by atoms with Crippen LogP contribution in [0, 0.1) is 0 Å². The van der Waals surface area contributed by atoms with Gasteiger partial charge in [0, 0.05) is 49.2 Å². The van der Waals surface area contributed by atoms with Crippen molar-refractivity contribution in [2.24, 2.45) is 0 Å². The van der Waals surface area contributed by atoms with Crippen molar-refractivity contribution < 1.29 is 22.9 Å². The largest absolute Gasteiger partial charge is 0.473 e. The van der Waals surface area contributed by atoms with Gasteiger partial charge in [0.15, 0.2) is 0 Å². The maximum absolute atomic E-state index is 11.9. The monoisotopic (exact) mass is 433 g/mol. The predicted octanol–water partition coefficient (Wildman–Crippen LogP) is 1.51. The van der Waals surface area contributed by atoms with Crippen molar-refractivity contribution in [3.8, 4) is 5.88 Å². The Balaban J connectivity index is 1.30. The van der Waals surface area contributed by atoms with E-state index in [0.29, 0.717) is 24.8 Å². The van der Waals surface area contributed by atoms with Gasteiger partial charge in [-0.15, -0.1) is 0 Å². The maximum atomic E-state index is 11.9. The van der Waals surface area contributed by atoms with Crippen LogP contribution in [0.3, 0.4) is 0 Å². The second kappa shape index (κ2) is 12.3. The van der Waals surface area contributed by atoms with E-state index in [-0.39, 0.29) is 17.4 Å². The molecule has 0 spiro atoms. The first-order valence-electron chi connectivity index (χ1n) is 9.86. The molecule has 162 valence electrons. The summed E-state index contributed by atoms with van der Waals surface area (Å²) in [6, 6.07) is 7.41. The van der Waals surface area contributed by atoms with Gasteiger partial charge < -0.3 is 19.2 Å². The summed E-state index contributed by atoms with van der Waals surface area (Å²) in [5, 5.41) is 2.71. The molecule has 1 atom stereocenters. The number of rotatable bonds is 11. The molecule has 1 saturated heterocycles. The zero-order valence-corrected chi connectivity index (χ0v) is 17.6. The zero-order chi connectivity index (χ0) is 21.0. The van der Waals surface area contributed by atoms with E-state index >= 15 is 0 Å². The van der Waals surface area contributed by atoms with Gasteiger partial charge in [0.2, 0.25) is 11.8 Å². The fourth-order valence-corrected chi connectivity index (χ4v) is 3.88. The Bertz CT molecular complexity index is 835. The van der Waals surface area contributed by atoms with Gasteiger partial charge in [0.1, 0.15) is 18.1 Å². The Kier molecular flexibility index (Phi) is 9.07. The molecule has 2 aromatic heterocycles. The van der Waals surface area contributed by atoms with Crippen LogP contribution in [0.1, 0.15) is 11.3 Å². The molecule has 3 rings (SSSR count). The molecule has 1 amide bonds. The number of hydrogen-bond donors (Lipinski definition) is 1. The third-order valence-corrected chi connectivity index (χ3v) is 5.59. The first-order valence-corrected chi connectivity index (χ1v) is 11.3. The number of furan rings is 1. The molecule has 0 bridgehead atoms. The van der Waals surface area contributed by atoms with Crippen molar-refractivity contribution >= 4 is 16.7 Å². The minimum atomic E-state index is -1.29. The third-order valence-electron chi connectivity index (χ3n) is 4.40. The summed E-state index contributed by atoms with van der Waals surface area (Å²) >= 11 is 0. The second-order valence-corrected chi connectivity index (χ2v) is 8.24. The molecule has 1 aliphatic rings. The fourth-order valence-electron chi connectivity index (χ4n) is 2.90. The van der Waals surface area contributed by atoms with E-state index in [1.165, 1.54) is 6.26 Å². The summed E-state index contributed by atoms with van der Waals surface area (Å²) in [6.07, 6.45) is 6.88. The van der Waals surface area contributed by atoms with E-state index in [4.69, 9.17) is 13.9 Å². The normalized spacial score (nSPS) is 15.9. The van der Waals surface area contributed by atoms with Crippen LogP contribution in [0.2, 0.25) is 0 Å². The molecule has 1 fully saturated rings. The lowest BCUT2D eigenvalue weighted by Gasteiger charge is -2.26. The standard InChI is InChI=1S/C21H27N3O5S/c25-20(17-30(26)16-19-4-3-11-28-19)22-6-1-2-10-29-21-14-18(5-7-23-21)15-24-8-12-27-13-9-24/h1-5,7,11,14H,6,8-10,12-13,15-17H2,(H,22,25)/b2-1-. The van der Waals surface area contributed by atoms with Crippen molar-refractivity contribution in [3.05, 3.63) is 60.2 Å². The Morgan fingerprint density at radius 1 is 1.30 bits per heavy atom. The van der Waals surface area contributed by atoms with Gasteiger partial charge in [0.25, 0.3) is 0 Å². The van der Waals surface area contributed by atoms with E-state index in [0.717, 1.165) is 38.4 Å². The number of morpholine rings is 1.